The fourth-order valence-electron chi connectivity index (χ4n) is 3.00. The van der Waals surface area contributed by atoms with E-state index in [-0.39, 0.29) is 6.54 Å². The summed E-state index contributed by atoms with van der Waals surface area (Å²) in [7, 11) is 1.50. The van der Waals surface area contributed by atoms with Gasteiger partial charge in [-0.15, -0.1) is 0 Å². The van der Waals surface area contributed by atoms with Crippen molar-refractivity contribution in [1.29, 1.82) is 0 Å². The summed E-state index contributed by atoms with van der Waals surface area (Å²) in [5.41, 5.74) is 4.63. The molecule has 0 aliphatic heterocycles. The SMILES string of the molecule is COc1cc(CNC(CO)C(=O)O)nc(Nc2cccc(-c3ccccc3)c2C)n1. The largest absolute Gasteiger partial charge is 0.481 e. The number of methoxy groups -OCH3 is 1. The zero-order valence-corrected chi connectivity index (χ0v) is 16.8. The van der Waals surface area contributed by atoms with E-state index in [9.17, 15) is 4.79 Å². The lowest BCUT2D eigenvalue weighted by atomic mass is 9.99. The molecule has 8 nitrogen and oxygen atoms in total. The Hall–Kier alpha value is -3.49. The normalized spacial score (nSPS) is 11.7. The number of hydrogen-bond donors (Lipinski definition) is 4. The van der Waals surface area contributed by atoms with Crippen LogP contribution in [0, 0.1) is 6.92 Å². The Morgan fingerprint density at radius 3 is 2.57 bits per heavy atom. The van der Waals surface area contributed by atoms with Gasteiger partial charge in [0.25, 0.3) is 0 Å². The average molecular weight is 408 g/mol. The van der Waals surface area contributed by atoms with Gasteiger partial charge in [-0.25, -0.2) is 4.98 Å². The van der Waals surface area contributed by atoms with Crippen LogP contribution in [-0.2, 0) is 11.3 Å². The Morgan fingerprint density at radius 1 is 1.13 bits per heavy atom. The number of carboxylic acids is 1. The van der Waals surface area contributed by atoms with Crippen LogP contribution in [0.25, 0.3) is 11.1 Å². The lowest BCUT2D eigenvalue weighted by Crippen LogP contribution is -2.39. The Balaban J connectivity index is 1.85. The highest BCUT2D eigenvalue weighted by Gasteiger charge is 2.16. The third-order valence-electron chi connectivity index (χ3n) is 4.64. The summed E-state index contributed by atoms with van der Waals surface area (Å²) in [6.45, 7) is 1.63. The van der Waals surface area contributed by atoms with Crippen molar-refractivity contribution < 1.29 is 19.7 Å². The summed E-state index contributed by atoms with van der Waals surface area (Å²) >= 11 is 0. The fourth-order valence-corrected chi connectivity index (χ4v) is 3.00. The number of ether oxygens (including phenoxy) is 1. The minimum absolute atomic E-state index is 0.133. The molecule has 1 heterocycles. The number of benzene rings is 2. The van der Waals surface area contributed by atoms with Crippen LogP contribution in [0.1, 0.15) is 11.3 Å². The van der Waals surface area contributed by atoms with Crippen LogP contribution in [0.4, 0.5) is 11.6 Å². The first-order chi connectivity index (χ1) is 14.5. The summed E-state index contributed by atoms with van der Waals surface area (Å²) < 4.78 is 5.25. The molecule has 0 saturated heterocycles. The molecule has 1 atom stereocenters. The molecule has 0 aliphatic carbocycles. The summed E-state index contributed by atoms with van der Waals surface area (Å²) in [6.07, 6.45) is 0. The zero-order chi connectivity index (χ0) is 21.5. The first kappa shape index (κ1) is 21.2. The Kier molecular flexibility index (Phi) is 6.95. The quantitative estimate of drug-likeness (QED) is 0.427. The Labute approximate surface area is 174 Å². The first-order valence-electron chi connectivity index (χ1n) is 9.43. The highest BCUT2D eigenvalue weighted by Crippen LogP contribution is 2.29. The van der Waals surface area contributed by atoms with Crippen molar-refractivity contribution in [2.45, 2.75) is 19.5 Å². The van der Waals surface area contributed by atoms with Crippen molar-refractivity contribution in [3.05, 3.63) is 65.9 Å². The van der Waals surface area contributed by atoms with E-state index in [1.54, 1.807) is 6.07 Å². The number of anilines is 2. The van der Waals surface area contributed by atoms with Gasteiger partial charge in [-0.2, -0.15) is 4.98 Å². The van der Waals surface area contributed by atoms with Crippen LogP contribution >= 0.6 is 0 Å². The standard InChI is InChI=1S/C22H24N4O4/c1-14-17(15-7-4-3-5-8-15)9-6-10-18(14)25-22-24-16(11-20(26-22)30-2)12-23-19(13-27)21(28)29/h3-11,19,23,27H,12-13H2,1-2H3,(H,28,29)(H,24,25,26). The maximum atomic E-state index is 11.1. The van der Waals surface area contributed by atoms with Crippen molar-refractivity contribution in [2.24, 2.45) is 0 Å². The number of aromatic nitrogens is 2. The van der Waals surface area contributed by atoms with Gasteiger partial charge in [0.1, 0.15) is 6.04 Å². The first-order valence-corrected chi connectivity index (χ1v) is 9.43. The molecule has 3 aromatic rings. The van der Waals surface area contributed by atoms with E-state index in [0.717, 1.165) is 22.4 Å². The van der Waals surface area contributed by atoms with Crippen LogP contribution in [0.5, 0.6) is 5.88 Å². The van der Waals surface area contributed by atoms with Crippen LogP contribution in [0.15, 0.2) is 54.6 Å². The van der Waals surface area contributed by atoms with Gasteiger partial charge in [-0.1, -0.05) is 42.5 Å². The van der Waals surface area contributed by atoms with Gasteiger partial charge in [-0.3, -0.25) is 10.1 Å². The molecule has 156 valence electrons. The minimum atomic E-state index is -1.13. The molecule has 4 N–H and O–H groups in total. The number of aliphatic carboxylic acids is 1. The number of carboxylic acid groups (broad SMARTS) is 1. The average Bonchev–Trinajstić information content (AvgIpc) is 2.76. The molecule has 0 bridgehead atoms. The highest BCUT2D eigenvalue weighted by molar-refractivity contribution is 5.75. The van der Waals surface area contributed by atoms with Crippen LogP contribution in [0.3, 0.4) is 0 Å². The molecule has 2 aromatic carbocycles. The number of nitrogens with zero attached hydrogens (tertiary/aromatic N) is 2. The molecule has 1 unspecified atom stereocenters. The molecular formula is C22H24N4O4. The van der Waals surface area contributed by atoms with Gasteiger partial charge < -0.3 is 20.3 Å². The van der Waals surface area contributed by atoms with Gasteiger partial charge in [0, 0.05) is 18.3 Å². The van der Waals surface area contributed by atoms with Crippen LogP contribution in [-0.4, -0.2) is 45.9 Å². The lowest BCUT2D eigenvalue weighted by Gasteiger charge is -2.15. The van der Waals surface area contributed by atoms with Gasteiger partial charge in [-0.05, 0) is 29.7 Å². The Morgan fingerprint density at radius 2 is 1.90 bits per heavy atom. The predicted octanol–water partition coefficient (Wildman–Crippen LogP) is 2.74. The third kappa shape index (κ3) is 5.11. The van der Waals surface area contributed by atoms with E-state index in [0.29, 0.717) is 17.5 Å². The maximum Gasteiger partial charge on any atom is 0.323 e. The number of nitrogens with one attached hydrogen (secondary N) is 2. The smallest absolute Gasteiger partial charge is 0.323 e. The molecule has 1 aromatic heterocycles. The molecule has 3 rings (SSSR count). The Bertz CT molecular complexity index is 1010. The molecule has 0 saturated carbocycles. The molecule has 30 heavy (non-hydrogen) atoms. The van der Waals surface area contributed by atoms with Gasteiger partial charge in [0.05, 0.1) is 19.4 Å². The zero-order valence-electron chi connectivity index (χ0n) is 16.8. The van der Waals surface area contributed by atoms with Crippen molar-refractivity contribution >= 4 is 17.6 Å². The second-order valence-electron chi connectivity index (χ2n) is 6.65. The minimum Gasteiger partial charge on any atom is -0.481 e. The lowest BCUT2D eigenvalue weighted by molar-refractivity contribution is -0.140. The molecule has 0 fully saturated rings. The van der Waals surface area contributed by atoms with E-state index in [1.807, 2.05) is 37.3 Å². The van der Waals surface area contributed by atoms with E-state index in [4.69, 9.17) is 14.9 Å². The van der Waals surface area contributed by atoms with Crippen molar-refractivity contribution in [3.63, 3.8) is 0 Å². The van der Waals surface area contributed by atoms with Crippen molar-refractivity contribution in [3.8, 4) is 17.0 Å². The second kappa shape index (κ2) is 9.82. The molecular weight excluding hydrogens is 384 g/mol. The second-order valence-corrected chi connectivity index (χ2v) is 6.65. The van der Waals surface area contributed by atoms with E-state index in [1.165, 1.54) is 7.11 Å². The van der Waals surface area contributed by atoms with Crippen molar-refractivity contribution in [2.75, 3.05) is 19.0 Å². The summed E-state index contributed by atoms with van der Waals surface area (Å²) in [5.74, 6) is -0.461. The summed E-state index contributed by atoms with van der Waals surface area (Å²) in [4.78, 5) is 19.9. The maximum absolute atomic E-state index is 11.1. The monoisotopic (exact) mass is 408 g/mol. The summed E-state index contributed by atoms with van der Waals surface area (Å²) in [6, 6.07) is 16.6. The predicted molar refractivity (Wildman–Crippen MR) is 114 cm³/mol. The highest BCUT2D eigenvalue weighted by atomic mass is 16.5. The topological polar surface area (TPSA) is 117 Å². The van der Waals surface area contributed by atoms with Crippen molar-refractivity contribution in [1.82, 2.24) is 15.3 Å². The summed E-state index contributed by atoms with van der Waals surface area (Å²) in [5, 5.41) is 24.2. The number of aliphatic hydroxyl groups excluding tert-OH is 1. The van der Waals surface area contributed by atoms with Gasteiger partial charge in [0.15, 0.2) is 0 Å². The van der Waals surface area contributed by atoms with E-state index in [2.05, 4.69) is 38.8 Å². The van der Waals surface area contributed by atoms with Gasteiger partial charge in [0.2, 0.25) is 11.8 Å². The number of hydrogen-bond acceptors (Lipinski definition) is 7. The number of rotatable bonds is 9. The molecule has 0 amide bonds. The molecule has 8 heteroatoms. The van der Waals surface area contributed by atoms with Gasteiger partial charge >= 0.3 is 5.97 Å². The van der Waals surface area contributed by atoms with Crippen LogP contribution < -0.4 is 15.4 Å². The fraction of sp³-hybridized carbons (Fsp3) is 0.227. The third-order valence-corrected chi connectivity index (χ3v) is 4.64. The van der Waals surface area contributed by atoms with E-state index < -0.39 is 18.6 Å². The van der Waals surface area contributed by atoms with Crippen LogP contribution in [0.2, 0.25) is 0 Å². The molecule has 0 aliphatic rings. The number of carbonyl (C=O) groups is 1. The molecule has 0 radical (unpaired) electrons. The number of aliphatic hydroxyl groups is 1. The molecule has 0 spiro atoms. The van der Waals surface area contributed by atoms with E-state index >= 15 is 0 Å².